The Morgan fingerprint density at radius 1 is 1.80 bits per heavy atom. The van der Waals surface area contributed by atoms with Crippen LogP contribution in [-0.4, -0.2) is 11.1 Å². The van der Waals surface area contributed by atoms with Crippen LogP contribution in [0.25, 0.3) is 0 Å². The van der Waals surface area contributed by atoms with Crippen LogP contribution in [0.4, 0.5) is 4.39 Å². The molecule has 0 radical (unpaired) electrons. The average molecular weight is 160 g/mol. The SMILES string of the molecule is Cc1scc(C(=O)O)c1F. The van der Waals surface area contributed by atoms with Crippen LogP contribution in [0.5, 0.6) is 0 Å². The van der Waals surface area contributed by atoms with Crippen molar-refractivity contribution in [1.82, 2.24) is 0 Å². The fourth-order valence-corrected chi connectivity index (χ4v) is 1.30. The molecule has 0 saturated heterocycles. The third-order valence-electron chi connectivity index (χ3n) is 1.13. The van der Waals surface area contributed by atoms with Crippen LogP contribution in [0.2, 0.25) is 0 Å². The van der Waals surface area contributed by atoms with Gasteiger partial charge >= 0.3 is 5.97 Å². The lowest BCUT2D eigenvalue weighted by molar-refractivity contribution is 0.0692. The predicted molar refractivity (Wildman–Crippen MR) is 36.0 cm³/mol. The first-order valence-electron chi connectivity index (χ1n) is 2.60. The highest BCUT2D eigenvalue weighted by Gasteiger charge is 2.13. The fraction of sp³-hybridized carbons (Fsp3) is 0.167. The zero-order valence-corrected chi connectivity index (χ0v) is 6.04. The van der Waals surface area contributed by atoms with Gasteiger partial charge < -0.3 is 5.11 Å². The fourth-order valence-electron chi connectivity index (χ4n) is 0.585. The van der Waals surface area contributed by atoms with Gasteiger partial charge in [0.1, 0.15) is 5.56 Å². The van der Waals surface area contributed by atoms with E-state index in [4.69, 9.17) is 5.11 Å². The van der Waals surface area contributed by atoms with Crippen LogP contribution in [0.1, 0.15) is 15.2 Å². The number of aryl methyl sites for hydroxylation is 1. The van der Waals surface area contributed by atoms with Gasteiger partial charge in [0.25, 0.3) is 0 Å². The Morgan fingerprint density at radius 2 is 2.40 bits per heavy atom. The van der Waals surface area contributed by atoms with Crippen LogP contribution >= 0.6 is 11.3 Å². The molecule has 0 amide bonds. The van der Waals surface area contributed by atoms with Gasteiger partial charge in [-0.3, -0.25) is 0 Å². The summed E-state index contributed by atoms with van der Waals surface area (Å²) in [4.78, 5) is 10.6. The van der Waals surface area contributed by atoms with Crippen molar-refractivity contribution in [2.75, 3.05) is 0 Å². The van der Waals surface area contributed by atoms with E-state index in [1.807, 2.05) is 0 Å². The zero-order valence-electron chi connectivity index (χ0n) is 5.22. The van der Waals surface area contributed by atoms with Crippen LogP contribution in [0, 0.1) is 12.7 Å². The second-order valence-corrected chi connectivity index (χ2v) is 2.91. The van der Waals surface area contributed by atoms with Crippen molar-refractivity contribution in [3.63, 3.8) is 0 Å². The lowest BCUT2D eigenvalue weighted by atomic mass is 10.3. The average Bonchev–Trinajstić information content (AvgIpc) is 2.14. The molecule has 4 heteroatoms. The number of hydrogen-bond donors (Lipinski definition) is 1. The van der Waals surface area contributed by atoms with E-state index in [-0.39, 0.29) is 5.56 Å². The summed E-state index contributed by atoms with van der Waals surface area (Å²) in [6, 6.07) is 0. The van der Waals surface area contributed by atoms with E-state index in [0.29, 0.717) is 4.88 Å². The number of carboxylic acid groups (broad SMARTS) is 1. The molecule has 0 bridgehead atoms. The first-order valence-corrected chi connectivity index (χ1v) is 3.47. The summed E-state index contributed by atoms with van der Waals surface area (Å²) in [6.45, 7) is 1.55. The molecule has 10 heavy (non-hydrogen) atoms. The van der Waals surface area contributed by atoms with E-state index in [1.165, 1.54) is 5.38 Å². The van der Waals surface area contributed by atoms with E-state index in [1.54, 1.807) is 6.92 Å². The second-order valence-electron chi connectivity index (χ2n) is 1.82. The number of carboxylic acids is 1. The van der Waals surface area contributed by atoms with Crippen molar-refractivity contribution >= 4 is 17.3 Å². The minimum atomic E-state index is -1.21. The van der Waals surface area contributed by atoms with Gasteiger partial charge in [0.05, 0.1) is 0 Å². The quantitative estimate of drug-likeness (QED) is 0.681. The monoisotopic (exact) mass is 160 g/mol. The van der Waals surface area contributed by atoms with Crippen LogP contribution in [0.15, 0.2) is 5.38 Å². The van der Waals surface area contributed by atoms with E-state index >= 15 is 0 Å². The number of aromatic carboxylic acids is 1. The van der Waals surface area contributed by atoms with Gasteiger partial charge in [0, 0.05) is 10.3 Å². The Labute approximate surface area is 60.9 Å². The molecule has 2 nitrogen and oxygen atoms in total. The normalized spacial score (nSPS) is 9.80. The molecule has 1 aromatic rings. The molecule has 1 rings (SSSR count). The molecule has 0 aliphatic rings. The molecule has 1 heterocycles. The summed E-state index contributed by atoms with van der Waals surface area (Å²) in [5, 5.41) is 9.64. The smallest absolute Gasteiger partial charge is 0.339 e. The Morgan fingerprint density at radius 3 is 2.60 bits per heavy atom. The molecule has 54 valence electrons. The van der Waals surface area contributed by atoms with Crippen molar-refractivity contribution in [2.24, 2.45) is 0 Å². The molecule has 0 spiro atoms. The molecule has 0 aliphatic heterocycles. The number of halogens is 1. The van der Waals surface area contributed by atoms with Crippen molar-refractivity contribution in [2.45, 2.75) is 6.92 Å². The molecular weight excluding hydrogens is 155 g/mol. The van der Waals surface area contributed by atoms with Gasteiger partial charge in [0.15, 0.2) is 5.82 Å². The summed E-state index contributed by atoms with van der Waals surface area (Å²) < 4.78 is 12.6. The van der Waals surface area contributed by atoms with Gasteiger partial charge in [-0.1, -0.05) is 0 Å². The summed E-state index contributed by atoms with van der Waals surface area (Å²) in [5.41, 5.74) is -0.234. The third-order valence-corrected chi connectivity index (χ3v) is 2.02. The first kappa shape index (κ1) is 7.21. The van der Waals surface area contributed by atoms with Crippen LogP contribution in [0.3, 0.4) is 0 Å². The summed E-state index contributed by atoms with van der Waals surface area (Å²) in [6.07, 6.45) is 0. The van der Waals surface area contributed by atoms with Crippen molar-refractivity contribution in [3.05, 3.63) is 21.6 Å². The van der Waals surface area contributed by atoms with E-state index in [2.05, 4.69) is 0 Å². The van der Waals surface area contributed by atoms with Crippen molar-refractivity contribution < 1.29 is 14.3 Å². The molecule has 1 aromatic heterocycles. The largest absolute Gasteiger partial charge is 0.478 e. The van der Waals surface area contributed by atoms with E-state index < -0.39 is 11.8 Å². The van der Waals surface area contributed by atoms with Gasteiger partial charge in [-0.2, -0.15) is 0 Å². The molecule has 0 aliphatic carbocycles. The third kappa shape index (κ3) is 1.02. The van der Waals surface area contributed by atoms with Gasteiger partial charge in [-0.15, -0.1) is 11.3 Å². The maximum atomic E-state index is 12.6. The molecule has 1 N–H and O–H groups in total. The molecule has 0 atom stereocenters. The van der Waals surface area contributed by atoms with Crippen LogP contribution in [-0.2, 0) is 0 Å². The maximum absolute atomic E-state index is 12.6. The van der Waals surface area contributed by atoms with E-state index in [9.17, 15) is 9.18 Å². The lowest BCUT2D eigenvalue weighted by Gasteiger charge is -1.86. The van der Waals surface area contributed by atoms with Crippen molar-refractivity contribution in [1.29, 1.82) is 0 Å². The number of hydrogen-bond acceptors (Lipinski definition) is 2. The Kier molecular flexibility index (Phi) is 1.72. The molecule has 0 saturated carbocycles. The Balaban J connectivity index is 3.17. The highest BCUT2D eigenvalue weighted by atomic mass is 32.1. The van der Waals surface area contributed by atoms with Crippen LogP contribution < -0.4 is 0 Å². The highest BCUT2D eigenvalue weighted by Crippen LogP contribution is 2.18. The summed E-state index contributed by atoms with van der Waals surface area (Å²) >= 11 is 1.10. The number of rotatable bonds is 1. The maximum Gasteiger partial charge on any atom is 0.339 e. The highest BCUT2D eigenvalue weighted by molar-refractivity contribution is 7.10. The van der Waals surface area contributed by atoms with Gasteiger partial charge in [-0.25, -0.2) is 9.18 Å². The molecule has 0 fully saturated rings. The van der Waals surface area contributed by atoms with Gasteiger partial charge in [-0.05, 0) is 6.92 Å². The Bertz CT molecular complexity index is 267. The first-order chi connectivity index (χ1) is 4.63. The topological polar surface area (TPSA) is 37.3 Å². The lowest BCUT2D eigenvalue weighted by Crippen LogP contribution is -1.96. The van der Waals surface area contributed by atoms with E-state index in [0.717, 1.165) is 11.3 Å². The predicted octanol–water partition coefficient (Wildman–Crippen LogP) is 1.89. The standard InChI is InChI=1S/C6H5FO2S/c1-3-5(7)4(2-10-3)6(8)9/h2H,1H3,(H,8,9). The minimum absolute atomic E-state index is 0.234. The number of carbonyl (C=O) groups is 1. The molecular formula is C6H5FO2S. The second kappa shape index (κ2) is 2.38. The van der Waals surface area contributed by atoms with Crippen molar-refractivity contribution in [3.8, 4) is 0 Å². The zero-order chi connectivity index (χ0) is 7.72. The summed E-state index contributed by atoms with van der Waals surface area (Å²) in [7, 11) is 0. The number of thiophene rings is 1. The van der Waals surface area contributed by atoms with Gasteiger partial charge in [0.2, 0.25) is 0 Å². The Hall–Kier alpha value is -0.900. The molecule has 0 unspecified atom stereocenters. The summed E-state index contributed by atoms with van der Waals surface area (Å²) in [5.74, 6) is -1.82. The minimum Gasteiger partial charge on any atom is -0.478 e. The molecule has 0 aromatic carbocycles.